The summed E-state index contributed by atoms with van der Waals surface area (Å²) in [5, 5.41) is 10.5. The molecule has 6 rings (SSSR count). The zero-order valence-electron chi connectivity index (χ0n) is 20.7. The molecule has 0 bridgehead atoms. The second-order valence-electron chi connectivity index (χ2n) is 9.09. The molecular weight excluding hydrogens is 731 g/mol. The number of phenolic OH excluding ortho intramolecular Hbond substituents is 1. The van der Waals surface area contributed by atoms with E-state index in [1.807, 2.05) is 47.9 Å². The minimum Gasteiger partial charge on any atom is -0.506 e. The molecule has 0 unspecified atom stereocenters. The average Bonchev–Trinajstić information content (AvgIpc) is 3.21. The fourth-order valence-corrected chi connectivity index (χ4v) is 4.74. The van der Waals surface area contributed by atoms with Gasteiger partial charge in [0, 0.05) is 50.0 Å². The smallest absolute Gasteiger partial charge is 0.417 e. The van der Waals surface area contributed by atoms with Crippen molar-refractivity contribution in [2.75, 3.05) is 0 Å². The number of pyridine rings is 2. The molecule has 41 heavy (non-hydrogen) atoms. The number of rotatable bonds is 3. The van der Waals surface area contributed by atoms with Gasteiger partial charge >= 0.3 is 12.4 Å². The van der Waals surface area contributed by atoms with Gasteiger partial charge in [0.2, 0.25) is 5.88 Å². The molecule has 0 amide bonds. The number of hydrogen-bond acceptors (Lipinski definition) is 4. The van der Waals surface area contributed by atoms with Gasteiger partial charge in [-0.15, -0.1) is 17.5 Å². The summed E-state index contributed by atoms with van der Waals surface area (Å²) in [6.07, 6.45) is -8.68. The molecule has 0 spiro atoms. The fraction of sp³-hybridized carbons (Fsp3) is 0.103. The van der Waals surface area contributed by atoms with E-state index in [0.29, 0.717) is 29.5 Å². The molecule has 1 N–H and O–H groups in total. The molecule has 0 aliphatic carbocycles. The van der Waals surface area contributed by atoms with E-state index in [-0.39, 0.29) is 26.8 Å². The van der Waals surface area contributed by atoms with Gasteiger partial charge in [-0.05, 0) is 48.2 Å². The maximum atomic E-state index is 14.0. The summed E-state index contributed by atoms with van der Waals surface area (Å²) in [4.78, 5) is 8.27. The summed E-state index contributed by atoms with van der Waals surface area (Å²) in [5.74, 6) is -0.992. The number of para-hydroxylation sites is 1. The molecule has 0 saturated heterocycles. The number of phenols is 1. The Hall–Kier alpha value is -4.11. The number of fused-ring (bicyclic) bond motifs is 4. The molecule has 3 aromatic carbocycles. The van der Waals surface area contributed by atoms with Crippen molar-refractivity contribution in [1.82, 2.24) is 14.5 Å². The maximum absolute atomic E-state index is 14.0. The van der Waals surface area contributed by atoms with Crippen molar-refractivity contribution in [3.63, 3.8) is 0 Å². The first-order chi connectivity index (χ1) is 18.9. The van der Waals surface area contributed by atoms with Crippen LogP contribution in [0.5, 0.6) is 17.4 Å². The van der Waals surface area contributed by atoms with Gasteiger partial charge in [-0.1, -0.05) is 23.7 Å². The summed E-state index contributed by atoms with van der Waals surface area (Å²) in [6, 6.07) is 18.8. The number of aromatic nitrogens is 3. The third-order valence-corrected chi connectivity index (χ3v) is 6.43. The van der Waals surface area contributed by atoms with Gasteiger partial charge in [0.15, 0.2) is 0 Å². The molecule has 5 nitrogen and oxygen atoms in total. The van der Waals surface area contributed by atoms with Crippen LogP contribution in [0.25, 0.3) is 38.5 Å². The Balaban J connectivity index is 0.00000337. The van der Waals surface area contributed by atoms with Gasteiger partial charge in [-0.3, -0.25) is 0 Å². The number of alkyl halides is 6. The second kappa shape index (κ2) is 10.1. The van der Waals surface area contributed by atoms with E-state index in [1.54, 1.807) is 12.3 Å². The number of nitrogens with zero attached hydrogens (tertiary/aromatic N) is 3. The molecule has 3 heterocycles. The summed E-state index contributed by atoms with van der Waals surface area (Å²) in [7, 11) is 0. The number of ether oxygens (including phenoxy) is 1. The molecule has 3 aromatic heterocycles. The maximum Gasteiger partial charge on any atom is 0.417 e. The molecule has 12 heteroatoms. The molecular formula is C29H16F6N3O2Pt-. The Morgan fingerprint density at radius 2 is 1.59 bits per heavy atom. The van der Waals surface area contributed by atoms with Crippen molar-refractivity contribution in [2.45, 2.75) is 19.3 Å². The number of hydrogen-bond donors (Lipinski definition) is 1. The fourth-order valence-electron chi connectivity index (χ4n) is 4.74. The summed E-state index contributed by atoms with van der Waals surface area (Å²) in [6.45, 7) is 1.90. The van der Waals surface area contributed by atoms with Crippen LogP contribution < -0.4 is 4.74 Å². The van der Waals surface area contributed by atoms with Crippen molar-refractivity contribution in [2.24, 2.45) is 0 Å². The molecule has 0 fully saturated rings. The first-order valence-corrected chi connectivity index (χ1v) is 11.8. The van der Waals surface area contributed by atoms with Gasteiger partial charge < -0.3 is 14.4 Å². The van der Waals surface area contributed by atoms with Crippen LogP contribution >= 0.6 is 0 Å². The van der Waals surface area contributed by atoms with E-state index < -0.39 is 46.0 Å². The normalized spacial score (nSPS) is 12.2. The Labute approximate surface area is 242 Å². The Morgan fingerprint density at radius 1 is 0.854 bits per heavy atom. The topological polar surface area (TPSA) is 60.2 Å². The van der Waals surface area contributed by atoms with Crippen molar-refractivity contribution >= 4 is 32.7 Å². The largest absolute Gasteiger partial charge is 0.506 e. The van der Waals surface area contributed by atoms with Crippen molar-refractivity contribution < 1.29 is 57.3 Å². The molecule has 0 saturated carbocycles. The van der Waals surface area contributed by atoms with Crippen molar-refractivity contribution in [3.05, 3.63) is 95.7 Å². The zero-order valence-corrected chi connectivity index (χ0v) is 23.0. The quantitative estimate of drug-likeness (QED) is 0.146. The van der Waals surface area contributed by atoms with Gasteiger partial charge in [0.25, 0.3) is 0 Å². The van der Waals surface area contributed by atoms with Gasteiger partial charge in [-0.2, -0.15) is 32.4 Å². The average molecular weight is 748 g/mol. The molecule has 0 aliphatic rings. The number of benzene rings is 3. The molecule has 0 atom stereocenters. The summed E-state index contributed by atoms with van der Waals surface area (Å²) in [5.41, 5.74) is -1.85. The van der Waals surface area contributed by atoms with E-state index in [1.165, 1.54) is 6.07 Å². The van der Waals surface area contributed by atoms with Crippen LogP contribution in [0, 0.1) is 13.0 Å². The van der Waals surface area contributed by atoms with Gasteiger partial charge in [0.05, 0.1) is 11.1 Å². The zero-order chi connectivity index (χ0) is 28.4. The second-order valence-corrected chi connectivity index (χ2v) is 9.09. The summed E-state index contributed by atoms with van der Waals surface area (Å²) < 4.78 is 90.2. The predicted molar refractivity (Wildman–Crippen MR) is 136 cm³/mol. The Bertz CT molecular complexity index is 1950. The summed E-state index contributed by atoms with van der Waals surface area (Å²) >= 11 is 0. The van der Waals surface area contributed by atoms with E-state index in [2.05, 4.69) is 16.0 Å². The Morgan fingerprint density at radius 3 is 2.29 bits per heavy atom. The van der Waals surface area contributed by atoms with Crippen LogP contribution in [0.2, 0.25) is 0 Å². The van der Waals surface area contributed by atoms with Crippen LogP contribution in [0.4, 0.5) is 26.3 Å². The minimum atomic E-state index is -5.20. The first kappa shape index (κ1) is 28.4. The SMILES string of the molecule is Cc1ccnc(-n2c3[c-]c(Oc4cc(C(F)(F)F)c5c(C(F)(F)F)ccc(O)c5n4)ccc3c3ccccc32)c1.[Pt]. The van der Waals surface area contributed by atoms with Crippen molar-refractivity contribution in [1.29, 1.82) is 0 Å². The van der Waals surface area contributed by atoms with E-state index in [0.717, 1.165) is 21.9 Å². The van der Waals surface area contributed by atoms with Crippen LogP contribution in [0.3, 0.4) is 0 Å². The minimum absolute atomic E-state index is 0. The van der Waals surface area contributed by atoms with Gasteiger partial charge in [-0.25, -0.2) is 9.97 Å². The number of aromatic hydroxyl groups is 1. The molecule has 0 radical (unpaired) electrons. The monoisotopic (exact) mass is 747 g/mol. The molecule has 6 aromatic rings. The van der Waals surface area contributed by atoms with E-state index in [4.69, 9.17) is 4.74 Å². The van der Waals surface area contributed by atoms with Crippen LogP contribution in [0.1, 0.15) is 16.7 Å². The van der Waals surface area contributed by atoms with Crippen LogP contribution in [0.15, 0.2) is 72.9 Å². The van der Waals surface area contributed by atoms with Crippen LogP contribution in [-0.2, 0) is 33.4 Å². The standard InChI is InChI=1S/C29H16F6N3O2.Pt/c1-15-10-11-36-24(12-15)38-21-5-3-2-4-17(21)18-7-6-16(13-22(18)38)40-25-14-20(29(33,34)35)26-19(28(30,31)32)8-9-23(39)27(26)37-25;/h2-12,14,39H,1H3;/q-1;. The number of aryl methyl sites for hydroxylation is 1. The first-order valence-electron chi connectivity index (χ1n) is 11.8. The molecule has 0 aliphatic heterocycles. The third-order valence-electron chi connectivity index (χ3n) is 6.43. The van der Waals surface area contributed by atoms with Crippen molar-refractivity contribution in [3.8, 4) is 23.2 Å². The predicted octanol–water partition coefficient (Wildman–Crippen LogP) is 8.37. The van der Waals surface area contributed by atoms with Gasteiger partial charge in [0.1, 0.15) is 17.1 Å². The van der Waals surface area contributed by atoms with E-state index >= 15 is 0 Å². The Kier molecular flexibility index (Phi) is 6.97. The third kappa shape index (κ3) is 4.99. The molecule has 212 valence electrons. The van der Waals surface area contributed by atoms with E-state index in [9.17, 15) is 31.4 Å². The number of halogens is 6. The van der Waals surface area contributed by atoms with Crippen LogP contribution in [-0.4, -0.2) is 19.6 Å².